The van der Waals surface area contributed by atoms with Gasteiger partial charge >= 0.3 is 0 Å². The van der Waals surface area contributed by atoms with Crippen molar-refractivity contribution in [1.82, 2.24) is 5.32 Å². The van der Waals surface area contributed by atoms with E-state index in [9.17, 15) is 4.79 Å². The second-order valence-electron chi connectivity index (χ2n) is 8.10. The zero-order chi connectivity index (χ0) is 18.8. The molecule has 0 radical (unpaired) electrons. The van der Waals surface area contributed by atoms with E-state index < -0.39 is 0 Å². The van der Waals surface area contributed by atoms with Crippen LogP contribution in [0.3, 0.4) is 0 Å². The molecule has 0 spiro atoms. The van der Waals surface area contributed by atoms with Gasteiger partial charge in [-0.15, -0.1) is 6.58 Å². The standard InChI is InChI=1S/C22H44N2O/c1-5-7-9-11-12-13-14-16-18-22(25)23-19-21-24(3,4)20-17-15-10-8-6-2/h5H,1,6-21H2,2-4H3/p+1. The summed E-state index contributed by atoms with van der Waals surface area (Å²) in [6.45, 7) is 9.06. The van der Waals surface area contributed by atoms with Gasteiger partial charge in [0.25, 0.3) is 0 Å². The molecule has 0 unspecified atom stereocenters. The third-order valence-corrected chi connectivity index (χ3v) is 4.97. The number of likely N-dealkylation sites (N-methyl/N-ethyl adjacent to an activating group) is 1. The Hall–Kier alpha value is -0.830. The van der Waals surface area contributed by atoms with Crippen molar-refractivity contribution in [3.63, 3.8) is 0 Å². The Labute approximate surface area is 157 Å². The van der Waals surface area contributed by atoms with Crippen LogP contribution in [0, 0.1) is 0 Å². The Morgan fingerprint density at radius 1 is 0.880 bits per heavy atom. The van der Waals surface area contributed by atoms with E-state index in [1.54, 1.807) is 0 Å². The summed E-state index contributed by atoms with van der Waals surface area (Å²) in [5.74, 6) is 0.231. The molecule has 0 aliphatic heterocycles. The van der Waals surface area contributed by atoms with Gasteiger partial charge in [0, 0.05) is 6.42 Å². The summed E-state index contributed by atoms with van der Waals surface area (Å²) in [5.41, 5.74) is 0. The lowest BCUT2D eigenvalue weighted by molar-refractivity contribution is -0.889. The topological polar surface area (TPSA) is 29.1 Å². The fourth-order valence-electron chi connectivity index (χ4n) is 3.12. The van der Waals surface area contributed by atoms with Crippen LogP contribution >= 0.6 is 0 Å². The van der Waals surface area contributed by atoms with Crippen molar-refractivity contribution in [3.05, 3.63) is 12.7 Å². The second kappa shape index (κ2) is 16.6. The van der Waals surface area contributed by atoms with Gasteiger partial charge in [-0.05, 0) is 32.1 Å². The van der Waals surface area contributed by atoms with Gasteiger partial charge in [0.1, 0.15) is 0 Å². The molecule has 0 aromatic rings. The Morgan fingerprint density at radius 2 is 1.48 bits per heavy atom. The van der Waals surface area contributed by atoms with Crippen LogP contribution in [-0.4, -0.2) is 44.1 Å². The van der Waals surface area contributed by atoms with Crippen LogP contribution in [0.4, 0.5) is 0 Å². The molecule has 0 heterocycles. The molecule has 0 saturated heterocycles. The number of hydrogen-bond donors (Lipinski definition) is 1. The highest BCUT2D eigenvalue weighted by Gasteiger charge is 2.14. The van der Waals surface area contributed by atoms with Gasteiger partial charge in [-0.3, -0.25) is 4.79 Å². The van der Waals surface area contributed by atoms with Crippen molar-refractivity contribution in [3.8, 4) is 0 Å². The summed E-state index contributed by atoms with van der Waals surface area (Å²) in [5, 5.41) is 3.10. The van der Waals surface area contributed by atoms with Gasteiger partial charge in [-0.1, -0.05) is 57.9 Å². The number of nitrogens with zero attached hydrogens (tertiary/aromatic N) is 1. The van der Waals surface area contributed by atoms with Crippen molar-refractivity contribution in [1.29, 1.82) is 0 Å². The number of carbonyl (C=O) groups is 1. The molecule has 25 heavy (non-hydrogen) atoms. The molecule has 1 N–H and O–H groups in total. The SMILES string of the molecule is C=CCCCCCCCCC(=O)NCC[N+](C)(C)CCCCCCC. The first-order chi connectivity index (χ1) is 12.0. The van der Waals surface area contributed by atoms with Gasteiger partial charge in [-0.2, -0.15) is 0 Å². The maximum Gasteiger partial charge on any atom is 0.220 e. The Morgan fingerprint density at radius 3 is 2.16 bits per heavy atom. The molecular weight excluding hydrogens is 308 g/mol. The molecule has 0 rings (SSSR count). The maximum absolute atomic E-state index is 11.9. The number of amides is 1. The Balaban J connectivity index is 3.50. The fraction of sp³-hybridized carbons (Fsp3) is 0.864. The average Bonchev–Trinajstić information content (AvgIpc) is 2.57. The summed E-state index contributed by atoms with van der Waals surface area (Å²) in [4.78, 5) is 11.9. The van der Waals surface area contributed by atoms with Crippen LogP contribution in [0.1, 0.15) is 90.4 Å². The highest BCUT2D eigenvalue weighted by Crippen LogP contribution is 2.09. The zero-order valence-electron chi connectivity index (χ0n) is 17.5. The van der Waals surface area contributed by atoms with Gasteiger partial charge in [0.15, 0.2) is 0 Å². The van der Waals surface area contributed by atoms with E-state index in [0.717, 1.165) is 30.4 Å². The van der Waals surface area contributed by atoms with Crippen molar-refractivity contribution >= 4 is 5.91 Å². The predicted molar refractivity (Wildman–Crippen MR) is 111 cm³/mol. The summed E-state index contributed by atoms with van der Waals surface area (Å²) in [6.07, 6.45) is 17.8. The monoisotopic (exact) mass is 353 g/mol. The first-order valence-corrected chi connectivity index (χ1v) is 10.7. The van der Waals surface area contributed by atoms with Gasteiger partial charge in [0.2, 0.25) is 5.91 Å². The van der Waals surface area contributed by atoms with E-state index in [-0.39, 0.29) is 5.91 Å². The lowest BCUT2D eigenvalue weighted by Crippen LogP contribution is -2.45. The van der Waals surface area contributed by atoms with Crippen molar-refractivity contribution in [2.75, 3.05) is 33.7 Å². The Kier molecular flexibility index (Phi) is 16.1. The number of hydrogen-bond acceptors (Lipinski definition) is 1. The molecule has 0 saturated carbocycles. The van der Waals surface area contributed by atoms with E-state index in [0.29, 0.717) is 6.42 Å². The summed E-state index contributed by atoms with van der Waals surface area (Å²) in [6, 6.07) is 0. The number of allylic oxidation sites excluding steroid dienone is 1. The summed E-state index contributed by atoms with van der Waals surface area (Å²) in [7, 11) is 4.55. The van der Waals surface area contributed by atoms with E-state index in [1.165, 1.54) is 70.8 Å². The fourth-order valence-corrected chi connectivity index (χ4v) is 3.12. The van der Waals surface area contributed by atoms with E-state index in [4.69, 9.17) is 0 Å². The molecule has 148 valence electrons. The molecule has 0 atom stereocenters. The third-order valence-electron chi connectivity index (χ3n) is 4.97. The average molecular weight is 354 g/mol. The molecule has 0 bridgehead atoms. The second-order valence-corrected chi connectivity index (χ2v) is 8.10. The minimum Gasteiger partial charge on any atom is -0.350 e. The highest BCUT2D eigenvalue weighted by atomic mass is 16.1. The number of quaternary nitrogens is 1. The molecular formula is C22H45N2O+. The van der Waals surface area contributed by atoms with Crippen LogP contribution in [-0.2, 0) is 4.79 Å². The van der Waals surface area contributed by atoms with Crippen LogP contribution in [0.15, 0.2) is 12.7 Å². The van der Waals surface area contributed by atoms with Crippen molar-refractivity contribution in [2.45, 2.75) is 90.4 Å². The molecule has 0 aliphatic rings. The van der Waals surface area contributed by atoms with Crippen LogP contribution in [0.25, 0.3) is 0 Å². The minimum absolute atomic E-state index is 0.231. The van der Waals surface area contributed by atoms with E-state index in [1.807, 2.05) is 6.08 Å². The third kappa shape index (κ3) is 17.8. The number of rotatable bonds is 18. The first-order valence-electron chi connectivity index (χ1n) is 10.7. The molecule has 1 amide bonds. The summed E-state index contributed by atoms with van der Waals surface area (Å²) >= 11 is 0. The number of nitrogens with one attached hydrogen (secondary N) is 1. The highest BCUT2D eigenvalue weighted by molar-refractivity contribution is 5.75. The smallest absolute Gasteiger partial charge is 0.220 e. The van der Waals surface area contributed by atoms with Gasteiger partial charge < -0.3 is 9.80 Å². The first kappa shape index (κ1) is 24.2. The largest absolute Gasteiger partial charge is 0.350 e. The van der Waals surface area contributed by atoms with Crippen LogP contribution < -0.4 is 5.32 Å². The van der Waals surface area contributed by atoms with Gasteiger partial charge in [-0.25, -0.2) is 0 Å². The maximum atomic E-state index is 11.9. The number of carbonyl (C=O) groups excluding carboxylic acids is 1. The van der Waals surface area contributed by atoms with E-state index >= 15 is 0 Å². The molecule has 3 nitrogen and oxygen atoms in total. The Bertz CT molecular complexity index is 326. The number of unbranched alkanes of at least 4 members (excludes halogenated alkanes) is 10. The molecule has 0 aliphatic carbocycles. The van der Waals surface area contributed by atoms with Gasteiger partial charge in [0.05, 0.1) is 33.7 Å². The molecule has 0 fully saturated rings. The van der Waals surface area contributed by atoms with E-state index in [2.05, 4.69) is 32.9 Å². The van der Waals surface area contributed by atoms with Crippen molar-refractivity contribution in [2.24, 2.45) is 0 Å². The lowest BCUT2D eigenvalue weighted by Gasteiger charge is -2.30. The summed E-state index contributed by atoms with van der Waals surface area (Å²) < 4.78 is 1.01. The predicted octanol–water partition coefficient (Wildman–Crippen LogP) is 5.46. The molecule has 0 aromatic carbocycles. The normalized spacial score (nSPS) is 11.5. The van der Waals surface area contributed by atoms with Crippen molar-refractivity contribution < 1.29 is 9.28 Å². The van der Waals surface area contributed by atoms with Crippen LogP contribution in [0.2, 0.25) is 0 Å². The zero-order valence-corrected chi connectivity index (χ0v) is 17.5. The lowest BCUT2D eigenvalue weighted by atomic mass is 10.1. The molecule has 3 heteroatoms. The quantitative estimate of drug-likeness (QED) is 0.198. The molecule has 0 aromatic heterocycles. The van der Waals surface area contributed by atoms with Crippen LogP contribution in [0.5, 0.6) is 0 Å². The minimum atomic E-state index is 0.231.